The van der Waals surface area contributed by atoms with E-state index in [9.17, 15) is 9.59 Å². The van der Waals surface area contributed by atoms with Gasteiger partial charge in [-0.05, 0) is 26.7 Å². The quantitative estimate of drug-likeness (QED) is 0.659. The second kappa shape index (κ2) is 7.28. The molecule has 100 valence electrons. The van der Waals surface area contributed by atoms with Crippen molar-refractivity contribution in [3.05, 3.63) is 32.6 Å². The van der Waals surface area contributed by atoms with E-state index in [1.54, 1.807) is 0 Å². The standard InChI is InChI=1S/C15H18N2O2/c1-4-5-6-7-8-9-10-13-11-17(12(2)3)15(19)16-14(13)18/h1,11-12H,5-8H2,2-3H3,(H,16,18,19). The maximum absolute atomic E-state index is 11.6. The third-order valence-electron chi connectivity index (χ3n) is 2.62. The van der Waals surface area contributed by atoms with Gasteiger partial charge < -0.3 is 0 Å². The van der Waals surface area contributed by atoms with E-state index in [-0.39, 0.29) is 6.04 Å². The van der Waals surface area contributed by atoms with E-state index in [4.69, 9.17) is 6.42 Å². The van der Waals surface area contributed by atoms with Crippen molar-refractivity contribution in [2.75, 3.05) is 0 Å². The predicted molar refractivity (Wildman–Crippen MR) is 75.9 cm³/mol. The van der Waals surface area contributed by atoms with Gasteiger partial charge in [-0.3, -0.25) is 14.3 Å². The van der Waals surface area contributed by atoms with Crippen LogP contribution in [0.2, 0.25) is 0 Å². The van der Waals surface area contributed by atoms with Crippen LogP contribution >= 0.6 is 0 Å². The highest BCUT2D eigenvalue weighted by Crippen LogP contribution is 1.99. The van der Waals surface area contributed by atoms with Crippen LogP contribution in [-0.4, -0.2) is 9.55 Å². The average Bonchev–Trinajstić information content (AvgIpc) is 2.35. The molecule has 0 fully saturated rings. The molecule has 0 aromatic carbocycles. The van der Waals surface area contributed by atoms with Crippen molar-refractivity contribution in [3.8, 4) is 24.2 Å². The zero-order chi connectivity index (χ0) is 14.3. The third kappa shape index (κ3) is 4.52. The van der Waals surface area contributed by atoms with Gasteiger partial charge in [0.05, 0.1) is 0 Å². The number of rotatable bonds is 4. The number of terminal acetylenes is 1. The number of aromatic amines is 1. The Balaban J connectivity index is 2.82. The summed E-state index contributed by atoms with van der Waals surface area (Å²) in [5, 5.41) is 0. The van der Waals surface area contributed by atoms with Crippen molar-refractivity contribution in [1.82, 2.24) is 9.55 Å². The molecule has 1 N–H and O–H groups in total. The van der Waals surface area contributed by atoms with Gasteiger partial charge in [0.2, 0.25) is 0 Å². The number of unbranched alkanes of at least 4 members (excludes halogenated alkanes) is 3. The summed E-state index contributed by atoms with van der Waals surface area (Å²) in [6.45, 7) is 3.74. The molecule has 0 saturated carbocycles. The van der Waals surface area contributed by atoms with Gasteiger partial charge in [-0.25, -0.2) is 4.79 Å². The molecule has 4 heteroatoms. The van der Waals surface area contributed by atoms with Crippen LogP contribution in [0.15, 0.2) is 15.8 Å². The van der Waals surface area contributed by atoms with Crippen LogP contribution in [0.1, 0.15) is 51.1 Å². The molecule has 0 radical (unpaired) electrons. The third-order valence-corrected chi connectivity index (χ3v) is 2.62. The van der Waals surface area contributed by atoms with Crippen molar-refractivity contribution in [3.63, 3.8) is 0 Å². The van der Waals surface area contributed by atoms with E-state index in [0.29, 0.717) is 12.0 Å². The molecule has 0 amide bonds. The van der Waals surface area contributed by atoms with Crippen LogP contribution in [0.5, 0.6) is 0 Å². The van der Waals surface area contributed by atoms with Gasteiger partial charge in [-0.1, -0.05) is 11.8 Å². The number of H-pyrrole nitrogens is 1. The van der Waals surface area contributed by atoms with Crippen LogP contribution in [0.25, 0.3) is 0 Å². The molecule has 0 aliphatic carbocycles. The van der Waals surface area contributed by atoms with E-state index in [2.05, 4.69) is 22.7 Å². The molecule has 1 rings (SSSR count). The van der Waals surface area contributed by atoms with Crippen molar-refractivity contribution in [1.29, 1.82) is 0 Å². The van der Waals surface area contributed by atoms with E-state index >= 15 is 0 Å². The molecule has 1 heterocycles. The fourth-order valence-electron chi connectivity index (χ4n) is 1.56. The van der Waals surface area contributed by atoms with Crippen LogP contribution in [-0.2, 0) is 0 Å². The Morgan fingerprint density at radius 1 is 1.32 bits per heavy atom. The summed E-state index contributed by atoms with van der Waals surface area (Å²) in [5.74, 6) is 8.31. The molecule has 0 aliphatic heterocycles. The number of hydrogen-bond donors (Lipinski definition) is 1. The fourth-order valence-corrected chi connectivity index (χ4v) is 1.56. The molecule has 1 aromatic rings. The lowest BCUT2D eigenvalue weighted by atomic mass is 10.2. The summed E-state index contributed by atoms with van der Waals surface area (Å²) in [6, 6.07) is -0.0134. The Hall–Kier alpha value is -2.20. The van der Waals surface area contributed by atoms with Crippen LogP contribution < -0.4 is 11.2 Å². The van der Waals surface area contributed by atoms with Gasteiger partial charge in [0.1, 0.15) is 5.56 Å². The van der Waals surface area contributed by atoms with E-state index in [1.807, 2.05) is 13.8 Å². The Morgan fingerprint density at radius 3 is 2.63 bits per heavy atom. The van der Waals surface area contributed by atoms with Crippen LogP contribution in [0.4, 0.5) is 0 Å². The Morgan fingerprint density at radius 2 is 2.00 bits per heavy atom. The molecule has 0 spiro atoms. The first kappa shape index (κ1) is 14.9. The van der Waals surface area contributed by atoms with Crippen LogP contribution in [0, 0.1) is 24.2 Å². The molecule has 4 nitrogen and oxygen atoms in total. The van der Waals surface area contributed by atoms with Crippen molar-refractivity contribution in [2.24, 2.45) is 0 Å². The Labute approximate surface area is 112 Å². The van der Waals surface area contributed by atoms with Gasteiger partial charge >= 0.3 is 5.69 Å². The molecule has 0 atom stereocenters. The fraction of sp³-hybridized carbons (Fsp3) is 0.467. The Bertz CT molecular complexity index is 633. The average molecular weight is 258 g/mol. The van der Waals surface area contributed by atoms with Gasteiger partial charge in [-0.15, -0.1) is 12.3 Å². The molecule has 0 bridgehead atoms. The topological polar surface area (TPSA) is 54.9 Å². The lowest BCUT2D eigenvalue weighted by Gasteiger charge is -2.08. The summed E-state index contributed by atoms with van der Waals surface area (Å²) >= 11 is 0. The van der Waals surface area contributed by atoms with E-state index in [0.717, 1.165) is 19.3 Å². The monoisotopic (exact) mass is 258 g/mol. The summed E-state index contributed by atoms with van der Waals surface area (Å²) in [4.78, 5) is 25.4. The minimum absolute atomic E-state index is 0.0134. The van der Waals surface area contributed by atoms with Crippen molar-refractivity contribution >= 4 is 0 Å². The van der Waals surface area contributed by atoms with E-state index in [1.165, 1.54) is 10.8 Å². The maximum atomic E-state index is 11.6. The predicted octanol–water partition coefficient (Wildman–Crippen LogP) is 1.66. The molecule has 19 heavy (non-hydrogen) atoms. The second-order valence-electron chi connectivity index (χ2n) is 4.52. The number of hydrogen-bond acceptors (Lipinski definition) is 2. The normalized spacial score (nSPS) is 9.79. The first-order valence-corrected chi connectivity index (χ1v) is 6.34. The molecular weight excluding hydrogens is 240 g/mol. The lowest BCUT2D eigenvalue weighted by molar-refractivity contribution is 0.560. The largest absolute Gasteiger partial charge is 0.328 e. The minimum atomic E-state index is -0.432. The highest BCUT2D eigenvalue weighted by molar-refractivity contribution is 5.29. The van der Waals surface area contributed by atoms with Gasteiger partial charge in [0, 0.05) is 25.1 Å². The summed E-state index contributed by atoms with van der Waals surface area (Å²) < 4.78 is 1.46. The number of nitrogens with one attached hydrogen (secondary N) is 1. The lowest BCUT2D eigenvalue weighted by Crippen LogP contribution is -2.31. The number of nitrogens with zero attached hydrogens (tertiary/aromatic N) is 1. The zero-order valence-corrected chi connectivity index (χ0v) is 11.3. The molecule has 0 saturated heterocycles. The van der Waals surface area contributed by atoms with Crippen molar-refractivity contribution < 1.29 is 0 Å². The Kier molecular flexibility index (Phi) is 5.70. The summed E-state index contributed by atoms with van der Waals surface area (Å²) in [5.41, 5.74) is -0.511. The molecular formula is C15H18N2O2. The summed E-state index contributed by atoms with van der Waals surface area (Å²) in [7, 11) is 0. The summed E-state index contributed by atoms with van der Waals surface area (Å²) in [6.07, 6.45) is 9.96. The molecule has 0 aliphatic rings. The van der Waals surface area contributed by atoms with Gasteiger partial charge in [0.15, 0.2) is 0 Å². The first-order chi connectivity index (χ1) is 9.06. The zero-order valence-electron chi connectivity index (χ0n) is 11.3. The molecule has 0 unspecified atom stereocenters. The van der Waals surface area contributed by atoms with Crippen molar-refractivity contribution in [2.45, 2.75) is 45.6 Å². The first-order valence-electron chi connectivity index (χ1n) is 6.34. The second-order valence-corrected chi connectivity index (χ2v) is 4.52. The van der Waals surface area contributed by atoms with Crippen LogP contribution in [0.3, 0.4) is 0 Å². The van der Waals surface area contributed by atoms with E-state index < -0.39 is 11.2 Å². The SMILES string of the molecule is C#CCCCCC#Cc1cn(C(C)C)c(=O)[nH]c1=O. The minimum Gasteiger partial charge on any atom is -0.297 e. The highest BCUT2D eigenvalue weighted by atomic mass is 16.2. The van der Waals surface area contributed by atoms with Gasteiger partial charge in [-0.2, -0.15) is 0 Å². The number of aromatic nitrogens is 2. The maximum Gasteiger partial charge on any atom is 0.328 e. The smallest absolute Gasteiger partial charge is 0.297 e. The molecule has 1 aromatic heterocycles. The van der Waals surface area contributed by atoms with Gasteiger partial charge in [0.25, 0.3) is 5.56 Å². The highest BCUT2D eigenvalue weighted by Gasteiger charge is 2.04.